The molecule has 4 heteroatoms. The number of nitrogens with one attached hydrogen (secondary N) is 1. The van der Waals surface area contributed by atoms with Gasteiger partial charge in [0.1, 0.15) is 0 Å². The van der Waals surface area contributed by atoms with Crippen molar-refractivity contribution in [2.75, 3.05) is 12.4 Å². The molecule has 2 heterocycles. The zero-order chi connectivity index (χ0) is 14.1. The minimum atomic E-state index is -0.280. The average Bonchev–Trinajstić information content (AvgIpc) is 2.63. The molecule has 3 N–H and O–H groups in total. The number of fused-ring (bicyclic) bond motifs is 2. The van der Waals surface area contributed by atoms with E-state index in [0.717, 1.165) is 23.3 Å². The molecule has 20 heavy (non-hydrogen) atoms. The quantitative estimate of drug-likeness (QED) is 0.878. The van der Waals surface area contributed by atoms with Crippen molar-refractivity contribution in [3.8, 4) is 0 Å². The smallest absolute Gasteiger partial charge is 0.221 e. The number of carbonyl (C=O) groups excluding carboxylic acids is 1. The van der Waals surface area contributed by atoms with Crippen molar-refractivity contribution in [3.05, 3.63) is 29.8 Å². The highest BCUT2D eigenvalue weighted by Gasteiger charge is 2.38. The van der Waals surface area contributed by atoms with Crippen molar-refractivity contribution >= 4 is 11.6 Å². The molecule has 0 saturated carbocycles. The molecule has 2 aliphatic rings. The van der Waals surface area contributed by atoms with Crippen LogP contribution in [0.4, 0.5) is 5.69 Å². The summed E-state index contributed by atoms with van der Waals surface area (Å²) in [4.78, 5) is 13.4. The van der Waals surface area contributed by atoms with Crippen LogP contribution in [0.1, 0.15) is 31.2 Å². The van der Waals surface area contributed by atoms with E-state index in [0.29, 0.717) is 12.5 Å². The highest BCUT2D eigenvalue weighted by molar-refractivity contribution is 5.76. The van der Waals surface area contributed by atoms with Crippen molar-refractivity contribution in [3.63, 3.8) is 0 Å². The SMILES string of the molecule is CN1C2CCC1CC(Nc1ccc(CC(N)=O)cc1)C2. The minimum Gasteiger partial charge on any atom is -0.382 e. The van der Waals surface area contributed by atoms with Gasteiger partial charge in [0.25, 0.3) is 0 Å². The summed E-state index contributed by atoms with van der Waals surface area (Å²) >= 11 is 0. The summed E-state index contributed by atoms with van der Waals surface area (Å²) in [6, 6.07) is 10.1. The molecule has 2 aliphatic heterocycles. The third-order valence-electron chi connectivity index (χ3n) is 4.80. The van der Waals surface area contributed by atoms with Crippen LogP contribution < -0.4 is 11.1 Å². The van der Waals surface area contributed by atoms with Crippen LogP contribution in [0.25, 0.3) is 0 Å². The number of primary amides is 1. The standard InChI is InChI=1S/C16H23N3O/c1-19-14-6-7-15(19)10-13(9-14)18-12-4-2-11(3-5-12)8-16(17)20/h2-5,13-15,18H,6-10H2,1H3,(H2,17,20). The number of nitrogens with two attached hydrogens (primary N) is 1. The van der Waals surface area contributed by atoms with Crippen LogP contribution in [-0.2, 0) is 11.2 Å². The summed E-state index contributed by atoms with van der Waals surface area (Å²) in [7, 11) is 2.26. The molecule has 1 aromatic rings. The maximum atomic E-state index is 10.9. The number of anilines is 1. The predicted molar refractivity (Wildman–Crippen MR) is 80.6 cm³/mol. The van der Waals surface area contributed by atoms with Crippen molar-refractivity contribution < 1.29 is 4.79 Å². The first-order valence-electron chi connectivity index (χ1n) is 7.47. The largest absolute Gasteiger partial charge is 0.382 e. The van der Waals surface area contributed by atoms with Crippen molar-refractivity contribution in [1.29, 1.82) is 0 Å². The van der Waals surface area contributed by atoms with Gasteiger partial charge in [0.2, 0.25) is 5.91 Å². The van der Waals surface area contributed by atoms with Crippen LogP contribution >= 0.6 is 0 Å². The van der Waals surface area contributed by atoms with Crippen LogP contribution in [0, 0.1) is 0 Å². The molecule has 0 aliphatic carbocycles. The number of nitrogens with zero attached hydrogens (tertiary/aromatic N) is 1. The van der Waals surface area contributed by atoms with Crippen molar-refractivity contribution in [2.24, 2.45) is 5.73 Å². The first-order valence-corrected chi connectivity index (χ1v) is 7.47. The molecule has 2 atom stereocenters. The highest BCUT2D eigenvalue weighted by atomic mass is 16.1. The van der Waals surface area contributed by atoms with Gasteiger partial charge in [-0.05, 0) is 50.4 Å². The zero-order valence-electron chi connectivity index (χ0n) is 12.0. The van der Waals surface area contributed by atoms with Gasteiger partial charge in [-0.3, -0.25) is 4.79 Å². The Kier molecular flexibility index (Phi) is 3.66. The number of piperidine rings is 1. The fourth-order valence-electron chi connectivity index (χ4n) is 3.69. The lowest BCUT2D eigenvalue weighted by atomic mass is 9.97. The van der Waals surface area contributed by atoms with Gasteiger partial charge in [0.15, 0.2) is 0 Å². The second-order valence-corrected chi connectivity index (χ2v) is 6.20. The fraction of sp³-hybridized carbons (Fsp3) is 0.562. The van der Waals surface area contributed by atoms with Crippen LogP contribution in [0.15, 0.2) is 24.3 Å². The molecule has 4 nitrogen and oxygen atoms in total. The summed E-state index contributed by atoms with van der Waals surface area (Å²) in [5.41, 5.74) is 7.33. The topological polar surface area (TPSA) is 58.4 Å². The van der Waals surface area contributed by atoms with Crippen LogP contribution in [0.5, 0.6) is 0 Å². The molecule has 2 unspecified atom stereocenters. The van der Waals surface area contributed by atoms with E-state index in [9.17, 15) is 4.79 Å². The molecule has 0 aromatic heterocycles. The monoisotopic (exact) mass is 273 g/mol. The van der Waals surface area contributed by atoms with Gasteiger partial charge in [-0.2, -0.15) is 0 Å². The van der Waals surface area contributed by atoms with E-state index in [-0.39, 0.29) is 5.91 Å². The number of hydrogen-bond acceptors (Lipinski definition) is 3. The average molecular weight is 273 g/mol. The van der Waals surface area contributed by atoms with Gasteiger partial charge in [0.05, 0.1) is 6.42 Å². The van der Waals surface area contributed by atoms with Gasteiger partial charge in [-0.15, -0.1) is 0 Å². The molecule has 0 spiro atoms. The second kappa shape index (κ2) is 5.44. The van der Waals surface area contributed by atoms with E-state index < -0.39 is 0 Å². The van der Waals surface area contributed by atoms with E-state index in [4.69, 9.17) is 5.73 Å². The Morgan fingerprint density at radius 2 is 1.85 bits per heavy atom. The van der Waals surface area contributed by atoms with Crippen LogP contribution in [-0.4, -0.2) is 36.0 Å². The molecule has 2 bridgehead atoms. The number of amides is 1. The molecule has 108 valence electrons. The summed E-state index contributed by atoms with van der Waals surface area (Å²) in [5, 5.41) is 3.64. The lowest BCUT2D eigenvalue weighted by Crippen LogP contribution is -2.44. The maximum Gasteiger partial charge on any atom is 0.221 e. The lowest BCUT2D eigenvalue weighted by molar-refractivity contribution is -0.117. The van der Waals surface area contributed by atoms with E-state index in [2.05, 4.69) is 29.4 Å². The Bertz CT molecular complexity index is 471. The summed E-state index contributed by atoms with van der Waals surface area (Å²) in [6.07, 6.45) is 5.47. The maximum absolute atomic E-state index is 10.9. The van der Waals surface area contributed by atoms with Gasteiger partial charge in [-0.1, -0.05) is 12.1 Å². The molecule has 1 aromatic carbocycles. The van der Waals surface area contributed by atoms with Crippen molar-refractivity contribution in [2.45, 2.75) is 50.2 Å². The molecular weight excluding hydrogens is 250 g/mol. The summed E-state index contributed by atoms with van der Waals surface area (Å²) in [6.45, 7) is 0. The third-order valence-corrected chi connectivity index (χ3v) is 4.80. The van der Waals surface area contributed by atoms with Gasteiger partial charge in [-0.25, -0.2) is 0 Å². The van der Waals surface area contributed by atoms with E-state index in [1.54, 1.807) is 0 Å². The molecule has 2 saturated heterocycles. The minimum absolute atomic E-state index is 0.280. The zero-order valence-corrected chi connectivity index (χ0v) is 12.0. The van der Waals surface area contributed by atoms with Crippen molar-refractivity contribution in [1.82, 2.24) is 4.90 Å². The lowest BCUT2D eigenvalue weighted by Gasteiger charge is -2.37. The van der Waals surface area contributed by atoms with Gasteiger partial charge < -0.3 is 16.0 Å². The van der Waals surface area contributed by atoms with Crippen LogP contribution in [0.3, 0.4) is 0 Å². The molecular formula is C16H23N3O. The number of rotatable bonds is 4. The molecule has 1 amide bonds. The molecule has 0 radical (unpaired) electrons. The Hall–Kier alpha value is -1.55. The highest BCUT2D eigenvalue weighted by Crippen LogP contribution is 2.35. The fourth-order valence-corrected chi connectivity index (χ4v) is 3.69. The number of benzene rings is 1. The summed E-state index contributed by atoms with van der Waals surface area (Å²) < 4.78 is 0. The van der Waals surface area contributed by atoms with Crippen LogP contribution in [0.2, 0.25) is 0 Å². The normalized spacial score (nSPS) is 29.4. The Morgan fingerprint density at radius 1 is 1.25 bits per heavy atom. The van der Waals surface area contributed by atoms with E-state index >= 15 is 0 Å². The molecule has 2 fully saturated rings. The predicted octanol–water partition coefficient (Wildman–Crippen LogP) is 1.75. The van der Waals surface area contributed by atoms with E-state index in [1.165, 1.54) is 25.7 Å². The number of carbonyl (C=O) groups is 1. The first kappa shape index (κ1) is 13.4. The Morgan fingerprint density at radius 3 is 2.40 bits per heavy atom. The van der Waals surface area contributed by atoms with Gasteiger partial charge in [0, 0.05) is 23.8 Å². The second-order valence-electron chi connectivity index (χ2n) is 6.20. The molecule has 3 rings (SSSR count). The third kappa shape index (κ3) is 2.80. The van der Waals surface area contributed by atoms with E-state index in [1.807, 2.05) is 12.1 Å². The Labute approximate surface area is 120 Å². The summed E-state index contributed by atoms with van der Waals surface area (Å²) in [5.74, 6) is -0.280. The first-order chi connectivity index (χ1) is 9.61. The number of hydrogen-bond donors (Lipinski definition) is 2. The van der Waals surface area contributed by atoms with Gasteiger partial charge >= 0.3 is 0 Å². The Balaban J connectivity index is 1.60.